The van der Waals surface area contributed by atoms with Gasteiger partial charge in [-0.15, -0.1) is 23.1 Å². The van der Waals surface area contributed by atoms with Gasteiger partial charge in [-0.3, -0.25) is 9.59 Å². The third-order valence-corrected chi connectivity index (χ3v) is 7.20. The van der Waals surface area contributed by atoms with E-state index in [1.54, 1.807) is 19.1 Å². The van der Waals surface area contributed by atoms with Crippen LogP contribution in [-0.4, -0.2) is 30.1 Å². The highest BCUT2D eigenvalue weighted by Crippen LogP contribution is 2.36. The zero-order valence-corrected chi connectivity index (χ0v) is 22.3. The first-order chi connectivity index (χ1) is 18.5. The Morgan fingerprint density at radius 3 is 2.39 bits per heavy atom. The molecular weight excluding hydrogens is 516 g/mol. The van der Waals surface area contributed by atoms with Crippen molar-refractivity contribution in [3.8, 4) is 11.1 Å². The first-order valence-electron chi connectivity index (χ1n) is 11.9. The lowest BCUT2D eigenvalue weighted by atomic mass is 10.0. The highest BCUT2D eigenvalue weighted by atomic mass is 32.2. The minimum Gasteiger partial charge on any atom is -0.462 e. The Labute approximate surface area is 229 Å². The second-order valence-corrected chi connectivity index (χ2v) is 9.97. The van der Waals surface area contributed by atoms with Crippen LogP contribution in [0.3, 0.4) is 0 Å². The molecule has 0 aliphatic heterocycles. The molecule has 0 saturated heterocycles. The summed E-state index contributed by atoms with van der Waals surface area (Å²) >= 11 is 2.63. The molecule has 4 rings (SSSR count). The molecule has 4 aromatic rings. The Hall–Kier alpha value is -4.14. The average molecular weight is 543 g/mol. The number of thioether (sulfide) groups is 1. The molecule has 1 heterocycles. The van der Waals surface area contributed by atoms with Crippen LogP contribution in [0.1, 0.15) is 22.8 Å². The van der Waals surface area contributed by atoms with Crippen LogP contribution >= 0.6 is 23.1 Å². The summed E-state index contributed by atoms with van der Waals surface area (Å²) in [4.78, 5) is 38.6. The van der Waals surface area contributed by atoms with Crippen molar-refractivity contribution in [1.82, 2.24) is 0 Å². The number of rotatable bonds is 10. The Balaban J connectivity index is 1.38. The first-order valence-corrected chi connectivity index (χ1v) is 13.8. The standard InChI is InChI=1S/C30H26N2O4S2/c1-2-36-30(35)28-25(22-12-7-4-8-13-22)19-38-29(28)32-27(34)20-37-24-15-9-14-23(18-24)31-26(33)17-16-21-10-5-3-6-11-21/h3-19H,2,20H2,1H3,(H,31,33)(H,32,34)/b17-16+. The lowest BCUT2D eigenvalue weighted by molar-refractivity contribution is -0.114. The number of thiophene rings is 1. The van der Waals surface area contributed by atoms with Gasteiger partial charge in [0.15, 0.2) is 0 Å². The van der Waals surface area contributed by atoms with Crippen molar-refractivity contribution in [1.29, 1.82) is 0 Å². The number of carbonyl (C=O) groups excluding carboxylic acids is 3. The highest BCUT2D eigenvalue weighted by Gasteiger charge is 2.22. The van der Waals surface area contributed by atoms with Crippen molar-refractivity contribution in [3.63, 3.8) is 0 Å². The average Bonchev–Trinajstić information content (AvgIpc) is 3.36. The molecular formula is C30H26N2O4S2. The lowest BCUT2D eigenvalue weighted by Gasteiger charge is -2.09. The SMILES string of the molecule is CCOC(=O)c1c(-c2ccccc2)csc1NC(=O)CSc1cccc(NC(=O)/C=C/c2ccccc2)c1. The third-order valence-electron chi connectivity index (χ3n) is 5.31. The van der Waals surface area contributed by atoms with E-state index in [0.29, 0.717) is 16.3 Å². The van der Waals surface area contributed by atoms with E-state index in [1.807, 2.05) is 84.2 Å². The first kappa shape index (κ1) is 26.9. The van der Waals surface area contributed by atoms with E-state index >= 15 is 0 Å². The molecule has 3 aromatic carbocycles. The summed E-state index contributed by atoms with van der Waals surface area (Å²) in [6.07, 6.45) is 3.23. The number of benzene rings is 3. The summed E-state index contributed by atoms with van der Waals surface area (Å²) in [5.41, 5.74) is 3.52. The van der Waals surface area contributed by atoms with E-state index in [9.17, 15) is 14.4 Å². The number of ether oxygens (including phenoxy) is 1. The predicted molar refractivity (Wildman–Crippen MR) is 156 cm³/mol. The molecule has 0 atom stereocenters. The Bertz CT molecular complexity index is 1430. The molecule has 192 valence electrons. The van der Waals surface area contributed by atoms with Crippen LogP contribution in [0.25, 0.3) is 17.2 Å². The van der Waals surface area contributed by atoms with Gasteiger partial charge < -0.3 is 15.4 Å². The van der Waals surface area contributed by atoms with E-state index in [4.69, 9.17) is 4.74 Å². The number of hydrogen-bond donors (Lipinski definition) is 2. The zero-order chi connectivity index (χ0) is 26.7. The molecule has 0 fully saturated rings. The van der Waals surface area contributed by atoms with Crippen LogP contribution in [-0.2, 0) is 14.3 Å². The molecule has 0 radical (unpaired) electrons. The van der Waals surface area contributed by atoms with Crippen molar-refractivity contribution in [2.75, 3.05) is 23.0 Å². The van der Waals surface area contributed by atoms with Gasteiger partial charge in [0.05, 0.1) is 12.4 Å². The van der Waals surface area contributed by atoms with E-state index in [0.717, 1.165) is 21.6 Å². The summed E-state index contributed by atoms with van der Waals surface area (Å²) in [7, 11) is 0. The van der Waals surface area contributed by atoms with Crippen LogP contribution in [0.5, 0.6) is 0 Å². The maximum atomic E-state index is 12.8. The summed E-state index contributed by atoms with van der Waals surface area (Å²) < 4.78 is 5.26. The van der Waals surface area contributed by atoms with Gasteiger partial charge in [0.1, 0.15) is 10.6 Å². The van der Waals surface area contributed by atoms with Crippen LogP contribution in [0.4, 0.5) is 10.7 Å². The minimum absolute atomic E-state index is 0.131. The van der Waals surface area contributed by atoms with Gasteiger partial charge in [0.2, 0.25) is 11.8 Å². The molecule has 8 heteroatoms. The molecule has 6 nitrogen and oxygen atoms in total. The summed E-state index contributed by atoms with van der Waals surface area (Å²) in [5.74, 6) is -0.832. The number of nitrogens with one attached hydrogen (secondary N) is 2. The topological polar surface area (TPSA) is 84.5 Å². The second kappa shape index (κ2) is 13.4. The Kier molecular flexibility index (Phi) is 9.50. The van der Waals surface area contributed by atoms with E-state index in [-0.39, 0.29) is 24.2 Å². The van der Waals surface area contributed by atoms with Gasteiger partial charge in [0, 0.05) is 27.6 Å². The van der Waals surface area contributed by atoms with E-state index in [1.165, 1.54) is 29.2 Å². The van der Waals surface area contributed by atoms with Gasteiger partial charge in [-0.2, -0.15) is 0 Å². The Morgan fingerprint density at radius 2 is 1.66 bits per heavy atom. The van der Waals surface area contributed by atoms with Gasteiger partial charge >= 0.3 is 5.97 Å². The molecule has 0 unspecified atom stereocenters. The summed E-state index contributed by atoms with van der Waals surface area (Å²) in [5, 5.41) is 8.02. The number of anilines is 2. The molecule has 2 amide bonds. The molecule has 0 saturated carbocycles. The number of esters is 1. The van der Waals surface area contributed by atoms with Crippen molar-refractivity contribution >= 4 is 57.6 Å². The van der Waals surface area contributed by atoms with Crippen molar-refractivity contribution in [2.24, 2.45) is 0 Å². The van der Waals surface area contributed by atoms with Crippen molar-refractivity contribution < 1.29 is 19.1 Å². The number of amides is 2. The fourth-order valence-electron chi connectivity index (χ4n) is 3.58. The maximum absolute atomic E-state index is 12.8. The fraction of sp³-hybridized carbons (Fsp3) is 0.100. The molecule has 0 aliphatic rings. The fourth-order valence-corrected chi connectivity index (χ4v) is 5.31. The van der Waals surface area contributed by atoms with Crippen LogP contribution in [0.15, 0.2) is 101 Å². The van der Waals surface area contributed by atoms with E-state index in [2.05, 4.69) is 10.6 Å². The van der Waals surface area contributed by atoms with Crippen molar-refractivity contribution in [2.45, 2.75) is 11.8 Å². The largest absolute Gasteiger partial charge is 0.462 e. The molecule has 0 spiro atoms. The van der Waals surface area contributed by atoms with Gasteiger partial charge in [-0.1, -0.05) is 66.7 Å². The zero-order valence-electron chi connectivity index (χ0n) is 20.7. The molecule has 0 aliphatic carbocycles. The maximum Gasteiger partial charge on any atom is 0.341 e. The van der Waals surface area contributed by atoms with Gasteiger partial charge in [0.25, 0.3) is 0 Å². The van der Waals surface area contributed by atoms with Gasteiger partial charge in [-0.05, 0) is 42.3 Å². The Morgan fingerprint density at radius 1 is 0.921 bits per heavy atom. The van der Waals surface area contributed by atoms with E-state index < -0.39 is 5.97 Å². The highest BCUT2D eigenvalue weighted by molar-refractivity contribution is 8.00. The lowest BCUT2D eigenvalue weighted by Crippen LogP contribution is -2.16. The second-order valence-electron chi connectivity index (χ2n) is 8.04. The molecule has 1 aromatic heterocycles. The minimum atomic E-state index is -0.472. The van der Waals surface area contributed by atoms with Crippen LogP contribution in [0, 0.1) is 0 Å². The molecule has 38 heavy (non-hydrogen) atoms. The normalized spacial score (nSPS) is 10.8. The van der Waals surface area contributed by atoms with Crippen LogP contribution in [0.2, 0.25) is 0 Å². The molecule has 0 bridgehead atoms. The predicted octanol–water partition coefficient (Wildman–Crippen LogP) is 6.97. The quantitative estimate of drug-likeness (QED) is 0.128. The van der Waals surface area contributed by atoms with Crippen molar-refractivity contribution in [3.05, 3.63) is 108 Å². The smallest absolute Gasteiger partial charge is 0.341 e. The third kappa shape index (κ3) is 7.44. The number of hydrogen-bond acceptors (Lipinski definition) is 6. The summed E-state index contributed by atoms with van der Waals surface area (Å²) in [6.45, 7) is 1.98. The summed E-state index contributed by atoms with van der Waals surface area (Å²) in [6, 6.07) is 26.4. The van der Waals surface area contributed by atoms with Gasteiger partial charge in [-0.25, -0.2) is 4.79 Å². The molecule has 2 N–H and O–H groups in total. The number of carbonyl (C=O) groups is 3. The van der Waals surface area contributed by atoms with Crippen LogP contribution < -0.4 is 10.6 Å². The monoisotopic (exact) mass is 542 g/mol.